The van der Waals surface area contributed by atoms with Crippen molar-refractivity contribution < 1.29 is 9.47 Å². The molecule has 0 unspecified atom stereocenters. The average Bonchev–Trinajstić information content (AvgIpc) is 2.51. The fraction of sp³-hybridized carbons (Fsp3) is 0.267. The highest BCUT2D eigenvalue weighted by Crippen LogP contribution is 2.35. The van der Waals surface area contributed by atoms with Gasteiger partial charge in [-0.15, -0.1) is 0 Å². The predicted molar refractivity (Wildman–Crippen MR) is 92.3 cm³/mol. The number of aryl methyl sites for hydroxylation is 1. The van der Waals surface area contributed by atoms with Crippen molar-refractivity contribution in [1.82, 2.24) is 15.0 Å². The third kappa shape index (κ3) is 4.70. The van der Waals surface area contributed by atoms with Crippen molar-refractivity contribution in [2.75, 3.05) is 14.2 Å². The van der Waals surface area contributed by atoms with E-state index in [0.29, 0.717) is 23.1 Å². The summed E-state index contributed by atoms with van der Waals surface area (Å²) in [6.07, 6.45) is 3.52. The van der Waals surface area contributed by atoms with Crippen LogP contribution in [-0.4, -0.2) is 29.2 Å². The zero-order valence-corrected chi connectivity index (χ0v) is 14.9. The highest BCUT2D eigenvalue weighted by Gasteiger charge is 2.27. The van der Waals surface area contributed by atoms with Gasteiger partial charge in [0, 0.05) is 0 Å². The van der Waals surface area contributed by atoms with E-state index >= 15 is 0 Å². The molecule has 2 aromatic rings. The average molecular weight is 375 g/mol. The number of rotatable bonds is 4. The SMILES string of the molecule is COc1ccc(C=Cc2nc(C)nc(C(Cl)(Cl)Cl)n2)cc1OC. The minimum absolute atomic E-state index is 0.0851. The molecular weight excluding hydrogens is 361 g/mol. The molecule has 0 saturated heterocycles. The molecule has 8 heteroatoms. The molecule has 1 aromatic heterocycles. The van der Waals surface area contributed by atoms with E-state index in [4.69, 9.17) is 44.3 Å². The van der Waals surface area contributed by atoms with Gasteiger partial charge in [0.05, 0.1) is 14.2 Å². The number of methoxy groups -OCH3 is 2. The summed E-state index contributed by atoms with van der Waals surface area (Å²) in [5.74, 6) is 2.23. The zero-order valence-electron chi connectivity index (χ0n) is 12.7. The maximum atomic E-state index is 5.82. The smallest absolute Gasteiger partial charge is 0.250 e. The third-order valence-electron chi connectivity index (χ3n) is 2.85. The number of ether oxygens (including phenoxy) is 2. The number of aromatic nitrogens is 3. The predicted octanol–water partition coefficient (Wildman–Crippen LogP) is 4.19. The molecule has 23 heavy (non-hydrogen) atoms. The molecule has 0 aliphatic heterocycles. The lowest BCUT2D eigenvalue weighted by Crippen LogP contribution is -2.11. The maximum Gasteiger partial charge on any atom is 0.250 e. The molecule has 5 nitrogen and oxygen atoms in total. The zero-order chi connectivity index (χ0) is 17.0. The summed E-state index contributed by atoms with van der Waals surface area (Å²) in [7, 11) is 3.16. The summed E-state index contributed by atoms with van der Waals surface area (Å²) >= 11 is 17.4. The van der Waals surface area contributed by atoms with Gasteiger partial charge in [-0.05, 0) is 30.7 Å². The summed E-state index contributed by atoms with van der Waals surface area (Å²) in [6.45, 7) is 1.70. The Hall–Kier alpha value is -1.56. The van der Waals surface area contributed by atoms with E-state index in [1.165, 1.54) is 0 Å². The maximum absolute atomic E-state index is 5.82. The molecule has 0 fully saturated rings. The fourth-order valence-corrected chi connectivity index (χ4v) is 2.08. The number of alkyl halides is 3. The van der Waals surface area contributed by atoms with Crippen LogP contribution in [0.4, 0.5) is 0 Å². The van der Waals surface area contributed by atoms with Crippen molar-refractivity contribution in [2.45, 2.75) is 10.7 Å². The number of hydrogen-bond donors (Lipinski definition) is 0. The standard InChI is InChI=1S/C15H14Cl3N3O2/c1-9-19-13(21-14(20-9)15(16,17)18)7-5-10-4-6-11(22-2)12(8-10)23-3/h4-8H,1-3H3. The third-order valence-corrected chi connectivity index (χ3v) is 3.36. The van der Waals surface area contributed by atoms with Crippen LogP contribution in [0.3, 0.4) is 0 Å². The Labute approximate surface area is 149 Å². The van der Waals surface area contributed by atoms with Crippen LogP contribution in [0.5, 0.6) is 11.5 Å². The van der Waals surface area contributed by atoms with Gasteiger partial charge < -0.3 is 9.47 Å². The first-order valence-electron chi connectivity index (χ1n) is 6.53. The fourth-order valence-electron chi connectivity index (χ4n) is 1.83. The first-order chi connectivity index (χ1) is 10.8. The summed E-state index contributed by atoms with van der Waals surface area (Å²) < 4.78 is 8.76. The molecule has 0 aliphatic rings. The van der Waals surface area contributed by atoms with Crippen molar-refractivity contribution in [2.24, 2.45) is 0 Å². The Balaban J connectivity index is 2.32. The Bertz CT molecular complexity index is 730. The first-order valence-corrected chi connectivity index (χ1v) is 7.67. The summed E-state index contributed by atoms with van der Waals surface area (Å²) in [4.78, 5) is 12.4. The molecule has 122 valence electrons. The van der Waals surface area contributed by atoms with Crippen molar-refractivity contribution in [1.29, 1.82) is 0 Å². The summed E-state index contributed by atoms with van der Waals surface area (Å²) in [5, 5.41) is 0. The van der Waals surface area contributed by atoms with Crippen LogP contribution < -0.4 is 9.47 Å². The van der Waals surface area contributed by atoms with Gasteiger partial charge in [-0.1, -0.05) is 46.9 Å². The lowest BCUT2D eigenvalue weighted by molar-refractivity contribution is 0.355. The number of hydrogen-bond acceptors (Lipinski definition) is 5. The normalized spacial score (nSPS) is 11.7. The van der Waals surface area contributed by atoms with E-state index in [-0.39, 0.29) is 5.82 Å². The topological polar surface area (TPSA) is 57.1 Å². The second-order valence-electron chi connectivity index (χ2n) is 4.51. The molecule has 0 bridgehead atoms. The molecule has 0 amide bonds. The highest BCUT2D eigenvalue weighted by atomic mass is 35.6. The molecule has 0 radical (unpaired) electrons. The molecule has 0 N–H and O–H groups in total. The minimum atomic E-state index is -1.69. The monoisotopic (exact) mass is 373 g/mol. The van der Waals surface area contributed by atoms with Crippen LogP contribution in [0, 0.1) is 6.92 Å². The number of halogens is 3. The van der Waals surface area contributed by atoms with E-state index in [1.807, 2.05) is 24.3 Å². The Kier molecular flexibility index (Phi) is 5.68. The molecule has 0 saturated carbocycles. The Morgan fingerprint density at radius 3 is 2.26 bits per heavy atom. The van der Waals surface area contributed by atoms with Crippen LogP contribution in [0.15, 0.2) is 18.2 Å². The second kappa shape index (κ2) is 7.34. The highest BCUT2D eigenvalue weighted by molar-refractivity contribution is 6.66. The van der Waals surface area contributed by atoms with E-state index in [0.717, 1.165) is 5.56 Å². The van der Waals surface area contributed by atoms with Crippen molar-refractivity contribution >= 4 is 47.0 Å². The quantitative estimate of drug-likeness (QED) is 0.751. The molecule has 0 aliphatic carbocycles. The van der Waals surface area contributed by atoms with Crippen molar-refractivity contribution in [3.05, 3.63) is 41.2 Å². The molecule has 1 aromatic carbocycles. The van der Waals surface area contributed by atoms with Gasteiger partial charge in [0.15, 0.2) is 23.1 Å². The Morgan fingerprint density at radius 2 is 1.65 bits per heavy atom. The van der Waals surface area contributed by atoms with Crippen LogP contribution in [0.25, 0.3) is 12.2 Å². The van der Waals surface area contributed by atoms with Crippen molar-refractivity contribution in [3.63, 3.8) is 0 Å². The van der Waals surface area contributed by atoms with Crippen LogP contribution in [0.2, 0.25) is 0 Å². The minimum Gasteiger partial charge on any atom is -0.493 e. The van der Waals surface area contributed by atoms with E-state index in [9.17, 15) is 0 Å². The molecule has 0 spiro atoms. The molecule has 1 heterocycles. The largest absolute Gasteiger partial charge is 0.493 e. The van der Waals surface area contributed by atoms with Crippen molar-refractivity contribution in [3.8, 4) is 11.5 Å². The number of benzene rings is 1. The van der Waals surface area contributed by atoms with Crippen LogP contribution >= 0.6 is 34.8 Å². The van der Waals surface area contributed by atoms with Gasteiger partial charge in [0.1, 0.15) is 5.82 Å². The van der Waals surface area contributed by atoms with Gasteiger partial charge in [0.2, 0.25) is 3.79 Å². The second-order valence-corrected chi connectivity index (χ2v) is 6.79. The van der Waals surface area contributed by atoms with Gasteiger partial charge in [0.25, 0.3) is 0 Å². The molecule has 0 atom stereocenters. The lowest BCUT2D eigenvalue weighted by Gasteiger charge is -2.10. The van der Waals surface area contributed by atoms with E-state index < -0.39 is 3.79 Å². The van der Waals surface area contributed by atoms with Gasteiger partial charge in [-0.3, -0.25) is 0 Å². The lowest BCUT2D eigenvalue weighted by atomic mass is 10.2. The van der Waals surface area contributed by atoms with E-state index in [2.05, 4.69) is 15.0 Å². The Morgan fingerprint density at radius 1 is 0.957 bits per heavy atom. The summed E-state index contributed by atoms with van der Waals surface area (Å²) in [5.41, 5.74) is 0.885. The van der Waals surface area contributed by atoms with Gasteiger partial charge in [-0.25, -0.2) is 15.0 Å². The molecular formula is C15H14Cl3N3O2. The van der Waals surface area contributed by atoms with Crippen LogP contribution in [0.1, 0.15) is 23.0 Å². The number of nitrogens with zero attached hydrogens (tertiary/aromatic N) is 3. The van der Waals surface area contributed by atoms with Gasteiger partial charge >= 0.3 is 0 Å². The van der Waals surface area contributed by atoms with E-state index in [1.54, 1.807) is 27.2 Å². The summed E-state index contributed by atoms with van der Waals surface area (Å²) in [6, 6.07) is 5.52. The molecule has 2 rings (SSSR count). The van der Waals surface area contributed by atoms with Crippen LogP contribution in [-0.2, 0) is 3.79 Å². The van der Waals surface area contributed by atoms with Gasteiger partial charge in [-0.2, -0.15) is 0 Å². The first kappa shape index (κ1) is 17.8.